The van der Waals surface area contributed by atoms with Crippen molar-refractivity contribution in [2.24, 2.45) is 0 Å². The van der Waals surface area contributed by atoms with E-state index in [1.165, 1.54) is 0 Å². The molecule has 0 fully saturated rings. The van der Waals surface area contributed by atoms with Crippen LogP contribution in [0.2, 0.25) is 0 Å². The number of nitrogens with zero attached hydrogens (tertiary/aromatic N) is 1. The zero-order valence-electron chi connectivity index (χ0n) is 13.7. The molecule has 0 aliphatic rings. The summed E-state index contributed by atoms with van der Waals surface area (Å²) in [6.45, 7) is 4.65. The molecule has 24 heavy (non-hydrogen) atoms. The van der Waals surface area contributed by atoms with Crippen LogP contribution in [0.25, 0.3) is 0 Å². The number of benzene rings is 2. The van der Waals surface area contributed by atoms with Gasteiger partial charge in [0.25, 0.3) is 5.91 Å². The quantitative estimate of drug-likeness (QED) is 0.598. The molecule has 0 heterocycles. The van der Waals surface area contributed by atoms with Crippen LogP contribution >= 0.6 is 0 Å². The molecule has 0 unspecified atom stereocenters. The maximum atomic E-state index is 12.4. The fourth-order valence-electron chi connectivity index (χ4n) is 2.36. The zero-order chi connectivity index (χ0) is 17.2. The molecule has 124 valence electrons. The van der Waals surface area contributed by atoms with Crippen molar-refractivity contribution in [1.29, 1.82) is 0 Å². The van der Waals surface area contributed by atoms with Crippen LogP contribution < -0.4 is 10.2 Å². The molecule has 0 atom stereocenters. The molecule has 0 aromatic heterocycles. The molecule has 0 saturated carbocycles. The second-order valence-electron chi connectivity index (χ2n) is 5.35. The lowest BCUT2D eigenvalue weighted by atomic mass is 10.2. The SMILES string of the molecule is C=CCN(C(=O)CCCNC(=O)c1ccccc1)c1ccccc1. The lowest BCUT2D eigenvalue weighted by molar-refractivity contribution is -0.118. The summed E-state index contributed by atoms with van der Waals surface area (Å²) in [6.07, 6.45) is 2.68. The van der Waals surface area contributed by atoms with E-state index in [9.17, 15) is 9.59 Å². The van der Waals surface area contributed by atoms with Gasteiger partial charge in [-0.15, -0.1) is 6.58 Å². The average molecular weight is 322 g/mol. The molecule has 0 radical (unpaired) electrons. The van der Waals surface area contributed by atoms with Gasteiger partial charge in [0, 0.05) is 30.8 Å². The lowest BCUT2D eigenvalue weighted by Gasteiger charge is -2.21. The average Bonchev–Trinajstić information content (AvgIpc) is 2.64. The molecule has 4 heteroatoms. The van der Waals surface area contributed by atoms with Crippen LogP contribution in [0.5, 0.6) is 0 Å². The van der Waals surface area contributed by atoms with Crippen molar-refractivity contribution in [3.63, 3.8) is 0 Å². The van der Waals surface area contributed by atoms with Crippen LogP contribution in [-0.4, -0.2) is 24.9 Å². The number of carbonyl (C=O) groups is 2. The first-order valence-corrected chi connectivity index (χ1v) is 8.02. The molecular weight excluding hydrogens is 300 g/mol. The van der Waals surface area contributed by atoms with Crippen molar-refractivity contribution in [1.82, 2.24) is 5.32 Å². The Morgan fingerprint density at radius 1 is 1.00 bits per heavy atom. The number of carbonyl (C=O) groups excluding carboxylic acids is 2. The number of hydrogen-bond donors (Lipinski definition) is 1. The Balaban J connectivity index is 1.81. The van der Waals surface area contributed by atoms with Crippen LogP contribution in [0.3, 0.4) is 0 Å². The Morgan fingerprint density at radius 3 is 2.25 bits per heavy atom. The second-order valence-corrected chi connectivity index (χ2v) is 5.35. The Morgan fingerprint density at radius 2 is 1.62 bits per heavy atom. The molecule has 1 N–H and O–H groups in total. The lowest BCUT2D eigenvalue weighted by Crippen LogP contribution is -2.32. The largest absolute Gasteiger partial charge is 0.352 e. The molecule has 0 saturated heterocycles. The molecule has 2 rings (SSSR count). The van der Waals surface area contributed by atoms with Crippen LogP contribution in [0.15, 0.2) is 73.3 Å². The minimum absolute atomic E-state index is 0.0232. The Hall–Kier alpha value is -2.88. The summed E-state index contributed by atoms with van der Waals surface area (Å²) in [4.78, 5) is 26.0. The van der Waals surface area contributed by atoms with Gasteiger partial charge in [-0.05, 0) is 30.7 Å². The van der Waals surface area contributed by atoms with E-state index in [-0.39, 0.29) is 11.8 Å². The molecule has 0 aliphatic heterocycles. The van der Waals surface area contributed by atoms with Crippen molar-refractivity contribution in [2.75, 3.05) is 18.0 Å². The fourth-order valence-corrected chi connectivity index (χ4v) is 2.36. The van der Waals surface area contributed by atoms with Crippen LogP contribution in [0.4, 0.5) is 5.69 Å². The number of para-hydroxylation sites is 1. The van der Waals surface area contributed by atoms with Gasteiger partial charge in [-0.25, -0.2) is 0 Å². The van der Waals surface area contributed by atoms with Crippen LogP contribution in [0, 0.1) is 0 Å². The molecule has 4 nitrogen and oxygen atoms in total. The first-order valence-electron chi connectivity index (χ1n) is 8.02. The van der Waals surface area contributed by atoms with Gasteiger partial charge in [0.1, 0.15) is 0 Å². The van der Waals surface area contributed by atoms with Gasteiger partial charge in [0.2, 0.25) is 5.91 Å². The summed E-state index contributed by atoms with van der Waals surface area (Å²) in [7, 11) is 0. The number of rotatable bonds is 8. The Labute approximate surface area is 142 Å². The number of nitrogens with one attached hydrogen (secondary N) is 1. The summed E-state index contributed by atoms with van der Waals surface area (Å²) in [6, 6.07) is 18.6. The van der Waals surface area contributed by atoms with Crippen molar-refractivity contribution in [3.8, 4) is 0 Å². The smallest absolute Gasteiger partial charge is 0.251 e. The molecular formula is C20H22N2O2. The van der Waals surface area contributed by atoms with Crippen LogP contribution in [-0.2, 0) is 4.79 Å². The highest BCUT2D eigenvalue weighted by atomic mass is 16.2. The monoisotopic (exact) mass is 322 g/mol. The highest BCUT2D eigenvalue weighted by Crippen LogP contribution is 2.14. The minimum Gasteiger partial charge on any atom is -0.352 e. The number of amides is 2. The van der Waals surface area contributed by atoms with Crippen molar-refractivity contribution >= 4 is 17.5 Å². The summed E-state index contributed by atoms with van der Waals surface area (Å²) in [5, 5.41) is 2.84. The van der Waals surface area contributed by atoms with E-state index >= 15 is 0 Å². The van der Waals surface area contributed by atoms with Gasteiger partial charge in [-0.2, -0.15) is 0 Å². The Bertz CT molecular complexity index is 669. The van der Waals surface area contributed by atoms with Gasteiger partial charge in [-0.1, -0.05) is 42.5 Å². The third-order valence-electron chi connectivity index (χ3n) is 3.57. The maximum Gasteiger partial charge on any atom is 0.251 e. The second kappa shape index (κ2) is 9.30. The van der Waals surface area contributed by atoms with Gasteiger partial charge >= 0.3 is 0 Å². The fraction of sp³-hybridized carbons (Fsp3) is 0.200. The first kappa shape index (κ1) is 17.5. The van der Waals surface area contributed by atoms with Crippen molar-refractivity contribution < 1.29 is 9.59 Å². The van der Waals surface area contributed by atoms with E-state index < -0.39 is 0 Å². The normalized spacial score (nSPS) is 10.0. The molecule has 2 amide bonds. The third kappa shape index (κ3) is 5.09. The van der Waals surface area contributed by atoms with Gasteiger partial charge in [0.15, 0.2) is 0 Å². The molecule has 0 spiro atoms. The van der Waals surface area contributed by atoms with E-state index in [0.717, 1.165) is 5.69 Å². The van der Waals surface area contributed by atoms with E-state index in [0.29, 0.717) is 31.5 Å². The first-order chi connectivity index (χ1) is 11.7. The maximum absolute atomic E-state index is 12.4. The molecule has 2 aromatic carbocycles. The third-order valence-corrected chi connectivity index (χ3v) is 3.57. The van der Waals surface area contributed by atoms with Crippen LogP contribution in [0.1, 0.15) is 23.2 Å². The summed E-state index contributed by atoms with van der Waals surface area (Å²) in [5.74, 6) is -0.0934. The summed E-state index contributed by atoms with van der Waals surface area (Å²) >= 11 is 0. The number of hydrogen-bond acceptors (Lipinski definition) is 2. The van der Waals surface area contributed by atoms with Gasteiger partial charge < -0.3 is 10.2 Å². The topological polar surface area (TPSA) is 49.4 Å². The zero-order valence-corrected chi connectivity index (χ0v) is 13.7. The summed E-state index contributed by atoms with van der Waals surface area (Å²) in [5.41, 5.74) is 1.48. The Kier molecular flexibility index (Phi) is 6.77. The minimum atomic E-state index is -0.117. The molecule has 0 bridgehead atoms. The van der Waals surface area contributed by atoms with Crippen molar-refractivity contribution in [2.45, 2.75) is 12.8 Å². The predicted octanol–water partition coefficient (Wildman–Crippen LogP) is 3.42. The summed E-state index contributed by atoms with van der Waals surface area (Å²) < 4.78 is 0. The van der Waals surface area contributed by atoms with E-state index in [1.54, 1.807) is 23.1 Å². The van der Waals surface area contributed by atoms with E-state index in [4.69, 9.17) is 0 Å². The standard InChI is InChI=1S/C20H22N2O2/c1-2-16-22(18-12-7-4-8-13-18)19(23)14-9-15-21-20(24)17-10-5-3-6-11-17/h2-8,10-13H,1,9,14-16H2,(H,21,24). The highest BCUT2D eigenvalue weighted by molar-refractivity contribution is 5.94. The predicted molar refractivity (Wildman–Crippen MR) is 97.0 cm³/mol. The molecule has 2 aromatic rings. The van der Waals surface area contributed by atoms with E-state index in [2.05, 4.69) is 11.9 Å². The highest BCUT2D eigenvalue weighted by Gasteiger charge is 2.13. The number of anilines is 1. The molecule has 0 aliphatic carbocycles. The van der Waals surface area contributed by atoms with E-state index in [1.807, 2.05) is 48.5 Å². The van der Waals surface area contributed by atoms with Gasteiger partial charge in [0.05, 0.1) is 0 Å². The van der Waals surface area contributed by atoms with Crippen molar-refractivity contribution in [3.05, 3.63) is 78.9 Å². The van der Waals surface area contributed by atoms with Gasteiger partial charge in [-0.3, -0.25) is 9.59 Å².